The molecule has 1 saturated heterocycles. The summed E-state index contributed by atoms with van der Waals surface area (Å²) in [6, 6.07) is 13.0. The van der Waals surface area contributed by atoms with Crippen LogP contribution >= 0.6 is 11.6 Å². The molecule has 4 atom stereocenters. The van der Waals surface area contributed by atoms with E-state index in [4.69, 9.17) is 16.3 Å². The van der Waals surface area contributed by atoms with Gasteiger partial charge in [-0.25, -0.2) is 4.79 Å². The topological polar surface area (TPSA) is 63.7 Å². The molecule has 0 radical (unpaired) electrons. The molecule has 2 aromatic rings. The zero-order chi connectivity index (χ0) is 19.4. The van der Waals surface area contributed by atoms with Crippen LogP contribution in [0, 0.1) is 23.7 Å². The smallest absolute Gasteiger partial charge is 0.343 e. The van der Waals surface area contributed by atoms with Gasteiger partial charge in [-0.05, 0) is 73.6 Å². The van der Waals surface area contributed by atoms with Gasteiger partial charge in [0, 0.05) is 5.02 Å². The minimum absolute atomic E-state index is 0.120. The molecule has 6 heteroatoms. The first-order valence-electron chi connectivity index (χ1n) is 9.48. The van der Waals surface area contributed by atoms with Gasteiger partial charge in [-0.1, -0.05) is 17.7 Å². The fourth-order valence-electron chi connectivity index (χ4n) is 5.10. The minimum Gasteiger partial charge on any atom is -0.423 e. The number of benzene rings is 2. The Morgan fingerprint density at radius 1 is 0.964 bits per heavy atom. The van der Waals surface area contributed by atoms with Gasteiger partial charge in [0.2, 0.25) is 11.8 Å². The van der Waals surface area contributed by atoms with E-state index in [1.165, 1.54) is 4.90 Å². The van der Waals surface area contributed by atoms with Crippen molar-refractivity contribution >= 4 is 35.1 Å². The summed E-state index contributed by atoms with van der Waals surface area (Å²) in [5.74, 6) is -0.130. The first-order valence-corrected chi connectivity index (χ1v) is 9.86. The molecule has 0 unspecified atom stereocenters. The third kappa shape index (κ3) is 2.65. The highest BCUT2D eigenvalue weighted by molar-refractivity contribution is 6.30. The number of hydrogen-bond acceptors (Lipinski definition) is 4. The van der Waals surface area contributed by atoms with Gasteiger partial charge in [-0.15, -0.1) is 0 Å². The molecule has 3 aliphatic rings. The number of rotatable bonds is 3. The SMILES string of the molecule is O=C(Oc1ccc(Cl)cc1)c1cccc(N2C(=O)[C@H]3[C@@H]4CC[C@@H](C4)[C@@H]3C2=O)c1. The van der Waals surface area contributed by atoms with E-state index < -0.39 is 5.97 Å². The van der Waals surface area contributed by atoms with Crippen LogP contribution in [0.15, 0.2) is 48.5 Å². The fourth-order valence-corrected chi connectivity index (χ4v) is 5.23. The van der Waals surface area contributed by atoms with Crippen LogP contribution in [0.5, 0.6) is 5.75 Å². The third-order valence-electron chi connectivity index (χ3n) is 6.29. The van der Waals surface area contributed by atoms with Gasteiger partial charge in [0.15, 0.2) is 0 Å². The largest absolute Gasteiger partial charge is 0.423 e. The summed E-state index contributed by atoms with van der Waals surface area (Å²) in [7, 11) is 0. The van der Waals surface area contributed by atoms with Crippen LogP contribution in [0.4, 0.5) is 5.69 Å². The summed E-state index contributed by atoms with van der Waals surface area (Å²) in [5, 5.41) is 0.548. The first kappa shape index (κ1) is 17.4. The number of carbonyl (C=O) groups excluding carboxylic acids is 3. The Kier molecular flexibility index (Phi) is 4.02. The normalized spacial score (nSPS) is 28.0. The molecule has 142 valence electrons. The lowest BCUT2D eigenvalue weighted by molar-refractivity contribution is -0.123. The maximum absolute atomic E-state index is 13.0. The first-order chi connectivity index (χ1) is 13.5. The van der Waals surface area contributed by atoms with Crippen molar-refractivity contribution in [2.45, 2.75) is 19.3 Å². The second-order valence-electron chi connectivity index (χ2n) is 7.79. The molecule has 28 heavy (non-hydrogen) atoms. The second-order valence-corrected chi connectivity index (χ2v) is 8.23. The summed E-state index contributed by atoms with van der Waals surface area (Å²) in [6.07, 6.45) is 3.06. The molecule has 5 rings (SSSR count). The third-order valence-corrected chi connectivity index (χ3v) is 6.54. The highest BCUT2D eigenvalue weighted by atomic mass is 35.5. The Morgan fingerprint density at radius 2 is 1.61 bits per heavy atom. The predicted molar refractivity (Wildman–Crippen MR) is 103 cm³/mol. The van der Waals surface area contributed by atoms with Crippen molar-refractivity contribution in [1.29, 1.82) is 0 Å². The number of imide groups is 1. The van der Waals surface area contributed by atoms with Gasteiger partial charge in [-0.2, -0.15) is 0 Å². The van der Waals surface area contributed by atoms with Crippen LogP contribution in [-0.2, 0) is 9.59 Å². The number of fused-ring (bicyclic) bond motifs is 5. The Balaban J connectivity index is 1.40. The molecule has 2 amide bonds. The van der Waals surface area contributed by atoms with Crippen molar-refractivity contribution in [3.63, 3.8) is 0 Å². The lowest BCUT2D eigenvalue weighted by Crippen LogP contribution is -2.32. The maximum Gasteiger partial charge on any atom is 0.343 e. The van der Waals surface area contributed by atoms with Crippen molar-refractivity contribution in [3.8, 4) is 5.75 Å². The Bertz CT molecular complexity index is 958. The monoisotopic (exact) mass is 395 g/mol. The molecule has 1 heterocycles. The predicted octanol–water partition coefficient (Wildman–Crippen LogP) is 4.09. The molecule has 3 fully saturated rings. The molecule has 0 aromatic heterocycles. The zero-order valence-corrected chi connectivity index (χ0v) is 15.8. The number of halogens is 1. The van der Waals surface area contributed by atoms with Crippen molar-refractivity contribution in [2.24, 2.45) is 23.7 Å². The molecule has 5 nitrogen and oxygen atoms in total. The highest BCUT2D eigenvalue weighted by Crippen LogP contribution is 2.56. The maximum atomic E-state index is 13.0. The van der Waals surface area contributed by atoms with Gasteiger partial charge in [0.05, 0.1) is 23.1 Å². The van der Waals surface area contributed by atoms with E-state index in [9.17, 15) is 14.4 Å². The van der Waals surface area contributed by atoms with Crippen LogP contribution in [0.3, 0.4) is 0 Å². The average Bonchev–Trinajstić information content (AvgIpc) is 3.37. The summed E-state index contributed by atoms with van der Waals surface area (Å²) >= 11 is 5.84. The van der Waals surface area contributed by atoms with E-state index >= 15 is 0 Å². The molecular weight excluding hydrogens is 378 g/mol. The fraction of sp³-hybridized carbons (Fsp3) is 0.318. The van der Waals surface area contributed by atoms with Gasteiger partial charge in [0.1, 0.15) is 5.75 Å². The van der Waals surface area contributed by atoms with Crippen LogP contribution in [0.25, 0.3) is 0 Å². The molecule has 0 spiro atoms. The molecule has 1 aliphatic heterocycles. The van der Waals surface area contributed by atoms with Gasteiger partial charge in [0.25, 0.3) is 0 Å². The number of carbonyl (C=O) groups is 3. The molecule has 2 aliphatic carbocycles. The van der Waals surface area contributed by atoms with Crippen molar-refractivity contribution in [2.75, 3.05) is 4.90 Å². The summed E-state index contributed by atoms with van der Waals surface area (Å²) < 4.78 is 5.36. The van der Waals surface area contributed by atoms with Gasteiger partial charge < -0.3 is 4.74 Å². The van der Waals surface area contributed by atoms with Crippen LogP contribution < -0.4 is 9.64 Å². The van der Waals surface area contributed by atoms with Gasteiger partial charge >= 0.3 is 5.97 Å². The Hall–Kier alpha value is -2.66. The lowest BCUT2D eigenvalue weighted by atomic mass is 9.81. The lowest BCUT2D eigenvalue weighted by Gasteiger charge is -2.19. The van der Waals surface area contributed by atoms with Crippen LogP contribution in [0.2, 0.25) is 5.02 Å². The Labute approximate surface area is 167 Å². The van der Waals surface area contributed by atoms with E-state index in [0.29, 0.717) is 28.3 Å². The molecule has 2 bridgehead atoms. The molecule has 2 saturated carbocycles. The number of hydrogen-bond donors (Lipinski definition) is 0. The summed E-state index contributed by atoms with van der Waals surface area (Å²) in [4.78, 5) is 39.7. The van der Waals surface area contributed by atoms with Crippen LogP contribution in [0.1, 0.15) is 29.6 Å². The summed E-state index contributed by atoms with van der Waals surface area (Å²) in [5.41, 5.74) is 0.724. The summed E-state index contributed by atoms with van der Waals surface area (Å²) in [6.45, 7) is 0. The van der Waals surface area contributed by atoms with E-state index in [2.05, 4.69) is 0 Å². The standard InChI is InChI=1S/C22H18ClNO4/c23-15-6-8-17(9-7-15)28-22(27)14-2-1-3-16(11-14)24-20(25)18-12-4-5-13(10-12)19(18)21(24)26/h1-3,6-9,11-13,18-19H,4-5,10H2/t12-,13+,18-,19-/m0/s1. The molecule has 2 aromatic carbocycles. The Morgan fingerprint density at radius 3 is 2.25 bits per heavy atom. The van der Waals surface area contributed by atoms with E-state index in [1.807, 2.05) is 0 Å². The number of anilines is 1. The molecule has 0 N–H and O–H groups in total. The average molecular weight is 396 g/mol. The number of esters is 1. The van der Waals surface area contributed by atoms with Crippen molar-refractivity contribution < 1.29 is 19.1 Å². The van der Waals surface area contributed by atoms with Crippen molar-refractivity contribution in [3.05, 3.63) is 59.1 Å². The zero-order valence-electron chi connectivity index (χ0n) is 15.0. The van der Waals surface area contributed by atoms with Crippen LogP contribution in [-0.4, -0.2) is 17.8 Å². The number of amides is 2. The number of nitrogens with zero attached hydrogens (tertiary/aromatic N) is 1. The quantitative estimate of drug-likeness (QED) is 0.446. The minimum atomic E-state index is -0.552. The second kappa shape index (κ2) is 6.45. The van der Waals surface area contributed by atoms with Crippen molar-refractivity contribution in [1.82, 2.24) is 0 Å². The number of ether oxygens (including phenoxy) is 1. The highest BCUT2D eigenvalue weighted by Gasteiger charge is 2.61. The molecular formula is C22H18ClNO4. The van der Waals surface area contributed by atoms with Gasteiger partial charge in [-0.3, -0.25) is 14.5 Å². The van der Waals surface area contributed by atoms with E-state index in [0.717, 1.165) is 19.3 Å². The van der Waals surface area contributed by atoms with E-state index in [1.54, 1.807) is 48.5 Å². The van der Waals surface area contributed by atoms with E-state index in [-0.39, 0.29) is 29.2 Å².